The van der Waals surface area contributed by atoms with Gasteiger partial charge in [-0.15, -0.1) is 0 Å². The van der Waals surface area contributed by atoms with Crippen molar-refractivity contribution in [2.75, 3.05) is 11.5 Å². The summed E-state index contributed by atoms with van der Waals surface area (Å²) in [6, 6.07) is -1.31. The molecule has 1 saturated heterocycles. The molecule has 13 heavy (non-hydrogen) atoms. The molecule has 1 heterocycles. The van der Waals surface area contributed by atoms with E-state index in [2.05, 4.69) is 0 Å². The van der Waals surface area contributed by atoms with Crippen LogP contribution in [-0.4, -0.2) is 48.3 Å². The number of aliphatic carboxylic acids is 1. The number of hydrogen-bond donors (Lipinski definition) is 3. The maximum Gasteiger partial charge on any atom is 0.320 e. The first-order chi connectivity index (χ1) is 5.83. The summed E-state index contributed by atoms with van der Waals surface area (Å²) in [5.74, 6) is -2.91. The van der Waals surface area contributed by atoms with Crippen molar-refractivity contribution < 1.29 is 23.4 Å². The summed E-state index contributed by atoms with van der Waals surface area (Å²) in [5.41, 5.74) is 5.21. The number of carbonyl (C=O) groups is 1. The normalized spacial score (nSPS) is 34.3. The fraction of sp³-hybridized carbons (Fsp3) is 0.833. The Hall–Kier alpha value is -0.660. The van der Waals surface area contributed by atoms with E-state index in [1.54, 1.807) is 0 Å². The Morgan fingerprint density at radius 2 is 2.00 bits per heavy atom. The summed E-state index contributed by atoms with van der Waals surface area (Å²) in [4.78, 5) is 10.4. The van der Waals surface area contributed by atoms with Gasteiger partial charge in [0.1, 0.15) is 6.04 Å². The van der Waals surface area contributed by atoms with Crippen molar-refractivity contribution in [3.05, 3.63) is 0 Å². The minimum Gasteiger partial charge on any atom is -0.480 e. The number of aliphatic hydroxyl groups excluding tert-OH is 1. The predicted molar refractivity (Wildman–Crippen MR) is 43.8 cm³/mol. The Labute approximate surface area is 75.3 Å². The molecule has 0 aliphatic carbocycles. The van der Waals surface area contributed by atoms with Gasteiger partial charge in [-0.1, -0.05) is 0 Å². The van der Waals surface area contributed by atoms with Crippen molar-refractivity contribution in [1.82, 2.24) is 0 Å². The van der Waals surface area contributed by atoms with Crippen molar-refractivity contribution in [3.8, 4) is 0 Å². The lowest BCUT2D eigenvalue weighted by molar-refractivity contribution is -0.140. The summed E-state index contributed by atoms with van der Waals surface area (Å²) in [6.07, 6.45) is -1.16. The van der Waals surface area contributed by atoms with Gasteiger partial charge in [-0.25, -0.2) is 8.42 Å². The van der Waals surface area contributed by atoms with Crippen molar-refractivity contribution in [1.29, 1.82) is 0 Å². The largest absolute Gasteiger partial charge is 0.480 e. The van der Waals surface area contributed by atoms with Gasteiger partial charge in [-0.3, -0.25) is 4.79 Å². The zero-order valence-corrected chi connectivity index (χ0v) is 7.57. The zero-order chi connectivity index (χ0) is 10.2. The Morgan fingerprint density at radius 1 is 1.46 bits per heavy atom. The molecule has 0 aromatic carbocycles. The van der Waals surface area contributed by atoms with Gasteiger partial charge in [0.25, 0.3) is 0 Å². The lowest BCUT2D eigenvalue weighted by Crippen LogP contribution is -2.43. The second kappa shape index (κ2) is 3.24. The smallest absolute Gasteiger partial charge is 0.320 e. The highest BCUT2D eigenvalue weighted by Gasteiger charge is 2.42. The average Bonchev–Trinajstić information content (AvgIpc) is 2.22. The third kappa shape index (κ3) is 2.17. The fourth-order valence-corrected chi connectivity index (χ4v) is 3.30. The molecule has 4 N–H and O–H groups in total. The molecular weight excluding hydrogens is 198 g/mol. The molecule has 0 aromatic heterocycles. The Kier molecular flexibility index (Phi) is 2.60. The van der Waals surface area contributed by atoms with E-state index in [-0.39, 0.29) is 5.75 Å². The number of sulfone groups is 1. The molecule has 7 heteroatoms. The second-order valence-electron chi connectivity index (χ2n) is 3.17. The minimum atomic E-state index is -3.32. The van der Waals surface area contributed by atoms with Crippen molar-refractivity contribution >= 4 is 15.8 Å². The average molecular weight is 209 g/mol. The topological polar surface area (TPSA) is 118 Å². The molecule has 1 aliphatic rings. The molecule has 2 unspecified atom stereocenters. The summed E-state index contributed by atoms with van der Waals surface area (Å²) in [7, 11) is -3.32. The van der Waals surface area contributed by atoms with Crippen molar-refractivity contribution in [2.45, 2.75) is 12.1 Å². The number of aliphatic hydroxyl groups is 1. The number of rotatable bonds is 2. The van der Waals surface area contributed by atoms with Crippen LogP contribution in [0.25, 0.3) is 0 Å². The summed E-state index contributed by atoms with van der Waals surface area (Å²) >= 11 is 0. The van der Waals surface area contributed by atoms with E-state index in [9.17, 15) is 18.3 Å². The van der Waals surface area contributed by atoms with Gasteiger partial charge < -0.3 is 15.9 Å². The highest BCUT2D eigenvalue weighted by atomic mass is 32.2. The Morgan fingerprint density at radius 3 is 2.31 bits per heavy atom. The van der Waals surface area contributed by atoms with Gasteiger partial charge >= 0.3 is 5.97 Å². The highest BCUT2D eigenvalue weighted by molar-refractivity contribution is 7.91. The first kappa shape index (κ1) is 10.4. The molecule has 6 nitrogen and oxygen atoms in total. The van der Waals surface area contributed by atoms with Crippen LogP contribution in [0.1, 0.15) is 0 Å². The SMILES string of the molecule is N[C@@H](C(=O)O)C1CS(=O)(=O)CC1O. The number of carboxylic acids is 1. The van der Waals surface area contributed by atoms with Crippen LogP contribution in [0.15, 0.2) is 0 Å². The number of nitrogens with two attached hydrogens (primary N) is 1. The monoisotopic (exact) mass is 209 g/mol. The van der Waals surface area contributed by atoms with Gasteiger partial charge in [0.2, 0.25) is 0 Å². The molecule has 76 valence electrons. The van der Waals surface area contributed by atoms with E-state index < -0.39 is 39.6 Å². The summed E-state index contributed by atoms with van der Waals surface area (Å²) in [5, 5.41) is 17.7. The molecule has 0 bridgehead atoms. The quantitative estimate of drug-likeness (QED) is 0.475. The van der Waals surface area contributed by atoms with Crippen molar-refractivity contribution in [2.24, 2.45) is 11.7 Å². The molecule has 0 amide bonds. The molecule has 1 fully saturated rings. The van der Waals surface area contributed by atoms with Crippen LogP contribution in [-0.2, 0) is 14.6 Å². The molecule has 0 aromatic rings. The number of carboxylic acid groups (broad SMARTS) is 1. The predicted octanol–water partition coefficient (Wildman–Crippen LogP) is -2.20. The zero-order valence-electron chi connectivity index (χ0n) is 6.75. The fourth-order valence-electron chi connectivity index (χ4n) is 1.38. The van der Waals surface area contributed by atoms with Crippen LogP contribution in [0.3, 0.4) is 0 Å². The third-order valence-electron chi connectivity index (χ3n) is 2.11. The third-order valence-corrected chi connectivity index (χ3v) is 3.85. The summed E-state index contributed by atoms with van der Waals surface area (Å²) < 4.78 is 21.9. The lowest BCUT2D eigenvalue weighted by atomic mass is 9.98. The first-order valence-corrected chi connectivity index (χ1v) is 5.52. The van der Waals surface area contributed by atoms with Gasteiger partial charge in [-0.2, -0.15) is 0 Å². The molecule has 1 rings (SSSR count). The van der Waals surface area contributed by atoms with Crippen LogP contribution in [0.2, 0.25) is 0 Å². The van der Waals surface area contributed by atoms with E-state index >= 15 is 0 Å². The van der Waals surface area contributed by atoms with E-state index in [4.69, 9.17) is 10.8 Å². The van der Waals surface area contributed by atoms with Crippen LogP contribution < -0.4 is 5.73 Å². The van der Waals surface area contributed by atoms with Crippen LogP contribution in [0.5, 0.6) is 0 Å². The van der Waals surface area contributed by atoms with Gasteiger partial charge in [0, 0.05) is 5.92 Å². The van der Waals surface area contributed by atoms with Crippen LogP contribution >= 0.6 is 0 Å². The lowest BCUT2D eigenvalue weighted by Gasteiger charge is -2.16. The highest BCUT2D eigenvalue weighted by Crippen LogP contribution is 2.21. The van der Waals surface area contributed by atoms with E-state index in [1.807, 2.05) is 0 Å². The first-order valence-electron chi connectivity index (χ1n) is 3.70. The standard InChI is InChI=1S/C6H11NO5S/c7-5(6(9)10)3-1-13(11,12)2-4(3)8/h3-5,8H,1-2,7H2,(H,9,10)/t3?,4?,5-/m1/s1. The van der Waals surface area contributed by atoms with E-state index in [0.29, 0.717) is 0 Å². The van der Waals surface area contributed by atoms with Gasteiger partial charge in [0.05, 0.1) is 17.6 Å². The molecule has 0 radical (unpaired) electrons. The molecule has 3 atom stereocenters. The van der Waals surface area contributed by atoms with E-state index in [0.717, 1.165) is 0 Å². The maximum atomic E-state index is 11.0. The minimum absolute atomic E-state index is 0.346. The molecular formula is C6H11NO5S. The van der Waals surface area contributed by atoms with Crippen LogP contribution in [0, 0.1) is 5.92 Å². The van der Waals surface area contributed by atoms with Crippen molar-refractivity contribution in [3.63, 3.8) is 0 Å². The maximum absolute atomic E-state index is 11.0. The Bertz CT molecular complexity index is 311. The molecule has 0 spiro atoms. The van der Waals surface area contributed by atoms with Gasteiger partial charge in [0.15, 0.2) is 9.84 Å². The number of hydrogen-bond acceptors (Lipinski definition) is 5. The van der Waals surface area contributed by atoms with Crippen LogP contribution in [0.4, 0.5) is 0 Å². The van der Waals surface area contributed by atoms with E-state index in [1.165, 1.54) is 0 Å². The summed E-state index contributed by atoms with van der Waals surface area (Å²) in [6.45, 7) is 0. The van der Waals surface area contributed by atoms with Gasteiger partial charge in [-0.05, 0) is 0 Å². The molecule has 1 aliphatic heterocycles. The molecule has 0 saturated carbocycles. The second-order valence-corrected chi connectivity index (χ2v) is 5.33. The Balaban J connectivity index is 2.79.